The lowest BCUT2D eigenvalue weighted by molar-refractivity contribution is 0.203. The molecular formula is C21H23N3O4. The summed E-state index contributed by atoms with van der Waals surface area (Å²) in [4.78, 5) is 27.4. The molecule has 146 valence electrons. The van der Waals surface area contributed by atoms with Crippen molar-refractivity contribution in [2.45, 2.75) is 33.3 Å². The predicted molar refractivity (Wildman–Crippen MR) is 110 cm³/mol. The molecular weight excluding hydrogens is 358 g/mol. The number of hydrogen-bond donors (Lipinski definition) is 1. The zero-order chi connectivity index (χ0) is 20.1. The van der Waals surface area contributed by atoms with Crippen molar-refractivity contribution >= 4 is 17.1 Å². The van der Waals surface area contributed by atoms with E-state index in [0.29, 0.717) is 34.6 Å². The first-order valence-electron chi connectivity index (χ1n) is 9.25. The van der Waals surface area contributed by atoms with Crippen LogP contribution in [0.4, 0.5) is 0 Å². The molecule has 28 heavy (non-hydrogen) atoms. The maximum Gasteiger partial charge on any atom is 0.349 e. The number of fused-ring (bicyclic) bond motifs is 1. The lowest BCUT2D eigenvalue weighted by Crippen LogP contribution is -2.32. The molecule has 2 aromatic carbocycles. The Balaban J connectivity index is 1.96. The maximum absolute atomic E-state index is 12.5. The molecule has 0 spiro atoms. The minimum Gasteiger partial charge on any atom is -0.490 e. The molecule has 1 aromatic heterocycles. The van der Waals surface area contributed by atoms with Crippen molar-refractivity contribution in [2.75, 3.05) is 6.61 Å². The molecule has 3 aromatic rings. The predicted octanol–water partition coefficient (Wildman–Crippen LogP) is 3.15. The van der Waals surface area contributed by atoms with Gasteiger partial charge in [0.1, 0.15) is 0 Å². The van der Waals surface area contributed by atoms with Crippen LogP contribution in [-0.2, 0) is 0 Å². The average Bonchev–Trinajstić information content (AvgIpc) is 2.69. The van der Waals surface area contributed by atoms with E-state index in [2.05, 4.69) is 10.1 Å². The lowest BCUT2D eigenvalue weighted by atomic mass is 10.2. The number of benzene rings is 2. The summed E-state index contributed by atoms with van der Waals surface area (Å²) in [6.07, 6.45) is 2.39. The third-order valence-electron chi connectivity index (χ3n) is 4.28. The normalized spacial score (nSPS) is 12.4. The van der Waals surface area contributed by atoms with E-state index in [4.69, 9.17) is 9.47 Å². The second-order valence-electron chi connectivity index (χ2n) is 6.31. The van der Waals surface area contributed by atoms with Crippen molar-refractivity contribution in [3.8, 4) is 11.5 Å². The molecule has 0 aliphatic carbocycles. The van der Waals surface area contributed by atoms with E-state index in [0.717, 1.165) is 11.1 Å². The first-order chi connectivity index (χ1) is 13.5. The zero-order valence-electron chi connectivity index (χ0n) is 16.1. The van der Waals surface area contributed by atoms with Crippen LogP contribution in [0.2, 0.25) is 0 Å². The van der Waals surface area contributed by atoms with E-state index in [1.165, 1.54) is 6.21 Å². The number of rotatable bonds is 7. The standard InChI is InChI=1S/C21H23N3O4/c1-4-14(3)28-18-11-10-15(12-19(18)27-5-2)13-22-24-20(25)16-8-6-7-9-17(16)23-21(24)26/h6-14H,4-5H2,1-3H3,(H,23,26). The van der Waals surface area contributed by atoms with E-state index in [1.807, 2.05) is 20.8 Å². The summed E-state index contributed by atoms with van der Waals surface area (Å²) in [6, 6.07) is 12.2. The van der Waals surface area contributed by atoms with Crippen molar-refractivity contribution in [2.24, 2.45) is 5.10 Å². The van der Waals surface area contributed by atoms with Gasteiger partial charge in [0, 0.05) is 0 Å². The summed E-state index contributed by atoms with van der Waals surface area (Å²) in [6.45, 7) is 6.41. The molecule has 1 unspecified atom stereocenters. The van der Waals surface area contributed by atoms with Crippen molar-refractivity contribution in [1.82, 2.24) is 9.66 Å². The van der Waals surface area contributed by atoms with Crippen LogP contribution in [-0.4, -0.2) is 28.6 Å². The van der Waals surface area contributed by atoms with Crippen molar-refractivity contribution in [1.29, 1.82) is 0 Å². The summed E-state index contributed by atoms with van der Waals surface area (Å²) in [5, 5.41) is 4.47. The van der Waals surface area contributed by atoms with Gasteiger partial charge in [0.2, 0.25) is 0 Å². The largest absolute Gasteiger partial charge is 0.490 e. The van der Waals surface area contributed by atoms with Crippen molar-refractivity contribution < 1.29 is 9.47 Å². The highest BCUT2D eigenvalue weighted by atomic mass is 16.5. The molecule has 1 N–H and O–H groups in total. The third-order valence-corrected chi connectivity index (χ3v) is 4.28. The average molecular weight is 381 g/mol. The number of aromatic nitrogens is 2. The highest BCUT2D eigenvalue weighted by Crippen LogP contribution is 2.29. The first-order valence-corrected chi connectivity index (χ1v) is 9.25. The molecule has 7 nitrogen and oxygen atoms in total. The zero-order valence-corrected chi connectivity index (χ0v) is 16.1. The minimum absolute atomic E-state index is 0.0634. The number of aromatic amines is 1. The van der Waals surface area contributed by atoms with Gasteiger partial charge in [0.05, 0.1) is 29.8 Å². The summed E-state index contributed by atoms with van der Waals surface area (Å²) in [5.41, 5.74) is 0.0904. The molecule has 0 bridgehead atoms. The third kappa shape index (κ3) is 4.14. The van der Waals surface area contributed by atoms with Gasteiger partial charge >= 0.3 is 5.69 Å². The Morgan fingerprint density at radius 3 is 2.68 bits per heavy atom. The van der Waals surface area contributed by atoms with Gasteiger partial charge in [-0.15, -0.1) is 4.68 Å². The van der Waals surface area contributed by atoms with Gasteiger partial charge in [-0.1, -0.05) is 19.1 Å². The van der Waals surface area contributed by atoms with Gasteiger partial charge in [0.15, 0.2) is 11.5 Å². The summed E-state index contributed by atoms with van der Waals surface area (Å²) in [5.74, 6) is 1.24. The Bertz CT molecular complexity index is 1110. The molecule has 0 saturated carbocycles. The Morgan fingerprint density at radius 1 is 1.14 bits per heavy atom. The molecule has 0 aliphatic heterocycles. The van der Waals surface area contributed by atoms with Crippen LogP contribution < -0.4 is 20.7 Å². The molecule has 3 rings (SSSR count). The van der Waals surface area contributed by atoms with Crippen LogP contribution in [0.15, 0.2) is 57.2 Å². The molecule has 1 heterocycles. The smallest absolute Gasteiger partial charge is 0.349 e. The second-order valence-corrected chi connectivity index (χ2v) is 6.31. The maximum atomic E-state index is 12.5. The van der Waals surface area contributed by atoms with Gasteiger partial charge in [-0.05, 0) is 56.2 Å². The van der Waals surface area contributed by atoms with Crippen molar-refractivity contribution in [3.05, 3.63) is 68.9 Å². The fourth-order valence-corrected chi connectivity index (χ4v) is 2.65. The molecule has 0 amide bonds. The number of hydrogen-bond acceptors (Lipinski definition) is 5. The highest BCUT2D eigenvalue weighted by Gasteiger charge is 2.10. The lowest BCUT2D eigenvalue weighted by Gasteiger charge is -2.16. The Kier molecular flexibility index (Phi) is 5.93. The number of nitrogens with one attached hydrogen (secondary N) is 1. The second kappa shape index (κ2) is 8.56. The van der Waals surface area contributed by atoms with E-state index < -0.39 is 11.2 Å². The van der Waals surface area contributed by atoms with Crippen LogP contribution in [0.3, 0.4) is 0 Å². The fraction of sp³-hybridized carbons (Fsp3) is 0.286. The molecule has 0 aliphatic rings. The first kappa shape index (κ1) is 19.4. The quantitative estimate of drug-likeness (QED) is 0.637. The molecule has 0 radical (unpaired) electrons. The number of para-hydroxylation sites is 1. The minimum atomic E-state index is -0.596. The van der Waals surface area contributed by atoms with E-state index in [9.17, 15) is 9.59 Å². The van der Waals surface area contributed by atoms with Crippen LogP contribution in [0.25, 0.3) is 10.9 Å². The van der Waals surface area contributed by atoms with E-state index in [1.54, 1.807) is 42.5 Å². The van der Waals surface area contributed by atoms with Crippen molar-refractivity contribution in [3.63, 3.8) is 0 Å². The highest BCUT2D eigenvalue weighted by molar-refractivity contribution is 5.81. The van der Waals surface area contributed by atoms with E-state index >= 15 is 0 Å². The Hall–Kier alpha value is -3.35. The van der Waals surface area contributed by atoms with Gasteiger partial charge < -0.3 is 14.5 Å². The molecule has 7 heteroatoms. The van der Waals surface area contributed by atoms with Crippen LogP contribution in [0.5, 0.6) is 11.5 Å². The van der Waals surface area contributed by atoms with Crippen LogP contribution >= 0.6 is 0 Å². The number of H-pyrrole nitrogens is 1. The molecule has 0 fully saturated rings. The fourth-order valence-electron chi connectivity index (χ4n) is 2.65. The van der Waals surface area contributed by atoms with Crippen LogP contribution in [0.1, 0.15) is 32.8 Å². The Labute approximate surface area is 162 Å². The number of ether oxygens (including phenoxy) is 2. The number of nitrogens with zero attached hydrogens (tertiary/aromatic N) is 2. The van der Waals surface area contributed by atoms with E-state index in [-0.39, 0.29) is 6.10 Å². The molecule has 0 saturated heterocycles. The van der Waals surface area contributed by atoms with Gasteiger partial charge in [-0.25, -0.2) is 4.79 Å². The van der Waals surface area contributed by atoms with Gasteiger partial charge in [-0.3, -0.25) is 4.79 Å². The summed E-state index contributed by atoms with van der Waals surface area (Å²) < 4.78 is 12.3. The monoisotopic (exact) mass is 381 g/mol. The van der Waals surface area contributed by atoms with Gasteiger partial charge in [0.25, 0.3) is 5.56 Å². The summed E-state index contributed by atoms with van der Waals surface area (Å²) >= 11 is 0. The Morgan fingerprint density at radius 2 is 1.93 bits per heavy atom. The summed E-state index contributed by atoms with van der Waals surface area (Å²) in [7, 11) is 0. The SMILES string of the molecule is CCOc1cc(C=Nn2c(=O)[nH]c3ccccc3c2=O)ccc1OC(C)CC. The van der Waals surface area contributed by atoms with Gasteiger partial charge in [-0.2, -0.15) is 5.10 Å². The van der Waals surface area contributed by atoms with Crippen LogP contribution in [0, 0.1) is 0 Å². The molecule has 1 atom stereocenters. The topological polar surface area (TPSA) is 85.7 Å².